The van der Waals surface area contributed by atoms with E-state index in [1.807, 2.05) is 13.8 Å². The Morgan fingerprint density at radius 2 is 1.93 bits per heavy atom. The van der Waals surface area contributed by atoms with Gasteiger partial charge in [0.1, 0.15) is 0 Å². The summed E-state index contributed by atoms with van der Waals surface area (Å²) in [6.07, 6.45) is -4.54. The van der Waals surface area contributed by atoms with Crippen LogP contribution in [-0.2, 0) is 0 Å². The van der Waals surface area contributed by atoms with Crippen LogP contribution in [0.2, 0.25) is 0 Å². The Hall–Kier alpha value is -3.11. The number of hydrogen-bond acceptors (Lipinski definition) is 7. The zero-order valence-electron chi connectivity index (χ0n) is 14.6. The SMILES string of the molecule is CCN(CC)c1nc(Nc2cccc(C(=O)O)c2)nc(OCC(F)(F)F)n1. The van der Waals surface area contributed by atoms with Gasteiger partial charge in [0.2, 0.25) is 11.9 Å². The topological polar surface area (TPSA) is 100 Å². The second-order valence-electron chi connectivity index (χ2n) is 5.33. The van der Waals surface area contributed by atoms with E-state index in [0.717, 1.165) is 0 Å². The molecule has 11 heteroatoms. The number of halogens is 3. The van der Waals surface area contributed by atoms with Crippen LogP contribution < -0.4 is 15.0 Å². The number of ether oxygens (including phenoxy) is 1. The van der Waals surface area contributed by atoms with Gasteiger partial charge < -0.3 is 20.1 Å². The Labute approximate surface area is 153 Å². The molecule has 0 unspecified atom stereocenters. The van der Waals surface area contributed by atoms with E-state index in [1.165, 1.54) is 18.2 Å². The summed E-state index contributed by atoms with van der Waals surface area (Å²) in [5, 5.41) is 11.8. The number of benzene rings is 1. The quantitative estimate of drug-likeness (QED) is 0.715. The molecule has 0 aliphatic carbocycles. The molecule has 0 aliphatic rings. The van der Waals surface area contributed by atoms with Gasteiger partial charge >= 0.3 is 18.2 Å². The first-order valence-electron chi connectivity index (χ1n) is 8.02. The summed E-state index contributed by atoms with van der Waals surface area (Å²) in [6, 6.07) is 5.35. The van der Waals surface area contributed by atoms with Crippen molar-refractivity contribution in [2.24, 2.45) is 0 Å². The number of carboxylic acids is 1. The summed E-state index contributed by atoms with van der Waals surface area (Å²) in [6.45, 7) is 3.18. The van der Waals surface area contributed by atoms with E-state index in [2.05, 4.69) is 25.0 Å². The maximum absolute atomic E-state index is 12.4. The number of rotatable bonds is 8. The predicted octanol–water partition coefficient (Wildman–Crippen LogP) is 3.10. The average molecular weight is 385 g/mol. The molecule has 27 heavy (non-hydrogen) atoms. The van der Waals surface area contributed by atoms with Crippen LogP contribution in [0.25, 0.3) is 0 Å². The van der Waals surface area contributed by atoms with Crippen LogP contribution in [0.3, 0.4) is 0 Å². The zero-order valence-corrected chi connectivity index (χ0v) is 14.6. The fourth-order valence-electron chi connectivity index (χ4n) is 2.12. The van der Waals surface area contributed by atoms with Crippen molar-refractivity contribution in [1.82, 2.24) is 15.0 Å². The van der Waals surface area contributed by atoms with Gasteiger partial charge in [-0.3, -0.25) is 0 Å². The minimum Gasteiger partial charge on any atom is -0.478 e. The van der Waals surface area contributed by atoms with Crippen molar-refractivity contribution in [3.8, 4) is 6.01 Å². The predicted molar refractivity (Wildman–Crippen MR) is 91.6 cm³/mol. The molecule has 0 bridgehead atoms. The minimum atomic E-state index is -4.54. The molecule has 1 heterocycles. The average Bonchev–Trinajstić information content (AvgIpc) is 2.60. The van der Waals surface area contributed by atoms with Crippen molar-refractivity contribution in [2.45, 2.75) is 20.0 Å². The fraction of sp³-hybridized carbons (Fsp3) is 0.375. The number of aromatic nitrogens is 3. The third-order valence-electron chi connectivity index (χ3n) is 3.38. The molecule has 0 fully saturated rings. The lowest BCUT2D eigenvalue weighted by Gasteiger charge is -2.19. The summed E-state index contributed by atoms with van der Waals surface area (Å²) in [4.78, 5) is 24.7. The second-order valence-corrected chi connectivity index (χ2v) is 5.33. The number of aromatic carboxylic acids is 1. The maximum Gasteiger partial charge on any atom is 0.422 e. The van der Waals surface area contributed by atoms with Crippen LogP contribution >= 0.6 is 0 Å². The number of carboxylic acid groups (broad SMARTS) is 1. The van der Waals surface area contributed by atoms with Crippen molar-refractivity contribution < 1.29 is 27.8 Å². The monoisotopic (exact) mass is 385 g/mol. The van der Waals surface area contributed by atoms with Crippen molar-refractivity contribution in [2.75, 3.05) is 29.9 Å². The van der Waals surface area contributed by atoms with Gasteiger partial charge in [-0.1, -0.05) is 6.07 Å². The second kappa shape index (κ2) is 8.52. The lowest BCUT2D eigenvalue weighted by Crippen LogP contribution is -2.26. The molecule has 1 aromatic carbocycles. The van der Waals surface area contributed by atoms with Gasteiger partial charge in [0, 0.05) is 18.8 Å². The Morgan fingerprint density at radius 3 is 2.52 bits per heavy atom. The number of nitrogens with one attached hydrogen (secondary N) is 1. The van der Waals surface area contributed by atoms with E-state index < -0.39 is 24.8 Å². The molecule has 2 N–H and O–H groups in total. The van der Waals surface area contributed by atoms with Crippen molar-refractivity contribution in [3.05, 3.63) is 29.8 Å². The Balaban J connectivity index is 2.34. The van der Waals surface area contributed by atoms with Crippen molar-refractivity contribution in [1.29, 1.82) is 0 Å². The van der Waals surface area contributed by atoms with Gasteiger partial charge in [0.05, 0.1) is 5.56 Å². The Morgan fingerprint density at radius 1 is 1.22 bits per heavy atom. The molecule has 0 aliphatic heterocycles. The largest absolute Gasteiger partial charge is 0.478 e. The highest BCUT2D eigenvalue weighted by atomic mass is 19.4. The molecular formula is C16H18F3N5O3. The molecule has 146 valence electrons. The zero-order chi connectivity index (χ0) is 20.0. The summed E-state index contributed by atoms with van der Waals surface area (Å²) in [5.74, 6) is -1.04. The fourth-order valence-corrected chi connectivity index (χ4v) is 2.12. The molecule has 0 saturated heterocycles. The molecule has 2 aromatic rings. The lowest BCUT2D eigenvalue weighted by atomic mass is 10.2. The van der Waals surface area contributed by atoms with Gasteiger partial charge in [-0.05, 0) is 32.0 Å². The van der Waals surface area contributed by atoms with E-state index in [1.54, 1.807) is 11.0 Å². The summed E-state index contributed by atoms with van der Waals surface area (Å²) in [5.41, 5.74) is 0.389. The first-order valence-corrected chi connectivity index (χ1v) is 8.02. The Kier molecular flexibility index (Phi) is 6.37. The van der Waals surface area contributed by atoms with E-state index in [4.69, 9.17) is 5.11 Å². The van der Waals surface area contributed by atoms with Gasteiger partial charge in [0.25, 0.3) is 0 Å². The van der Waals surface area contributed by atoms with Crippen molar-refractivity contribution >= 4 is 23.6 Å². The summed E-state index contributed by atoms with van der Waals surface area (Å²) in [7, 11) is 0. The number of carbonyl (C=O) groups is 1. The lowest BCUT2D eigenvalue weighted by molar-refractivity contribution is -0.154. The first kappa shape index (κ1) is 20.2. The number of nitrogens with zero attached hydrogens (tertiary/aromatic N) is 4. The van der Waals surface area contributed by atoms with Gasteiger partial charge in [-0.15, -0.1) is 0 Å². The van der Waals surface area contributed by atoms with E-state index >= 15 is 0 Å². The van der Waals surface area contributed by atoms with Crippen LogP contribution in [0.15, 0.2) is 24.3 Å². The molecule has 8 nitrogen and oxygen atoms in total. The standard InChI is InChI=1S/C16H18F3N5O3/c1-3-24(4-2)14-21-13(22-15(23-14)27-9-16(17,18)19)20-11-7-5-6-10(8-11)12(25)26/h5-8H,3-4,9H2,1-2H3,(H,25,26)(H,20,21,22,23). The molecule has 2 rings (SSSR count). The van der Waals surface area contributed by atoms with E-state index in [-0.39, 0.29) is 17.5 Å². The highest BCUT2D eigenvalue weighted by Crippen LogP contribution is 2.21. The van der Waals surface area contributed by atoms with E-state index in [0.29, 0.717) is 18.8 Å². The highest BCUT2D eigenvalue weighted by Gasteiger charge is 2.29. The van der Waals surface area contributed by atoms with Gasteiger partial charge in [0.15, 0.2) is 6.61 Å². The van der Waals surface area contributed by atoms with Gasteiger partial charge in [-0.25, -0.2) is 4.79 Å². The van der Waals surface area contributed by atoms with Crippen LogP contribution in [0.5, 0.6) is 6.01 Å². The summed E-state index contributed by atoms with van der Waals surface area (Å²) >= 11 is 0. The molecule has 0 amide bonds. The van der Waals surface area contributed by atoms with Crippen LogP contribution in [0.4, 0.5) is 30.8 Å². The van der Waals surface area contributed by atoms with Crippen LogP contribution in [-0.4, -0.2) is 51.9 Å². The van der Waals surface area contributed by atoms with E-state index in [9.17, 15) is 18.0 Å². The number of anilines is 3. The third-order valence-corrected chi connectivity index (χ3v) is 3.38. The van der Waals surface area contributed by atoms with Crippen LogP contribution in [0.1, 0.15) is 24.2 Å². The number of alkyl halides is 3. The van der Waals surface area contributed by atoms with Crippen LogP contribution in [0, 0.1) is 0 Å². The highest BCUT2D eigenvalue weighted by molar-refractivity contribution is 5.89. The summed E-state index contributed by atoms with van der Waals surface area (Å²) < 4.78 is 41.9. The minimum absolute atomic E-state index is 0.0339. The smallest absolute Gasteiger partial charge is 0.422 e. The van der Waals surface area contributed by atoms with Gasteiger partial charge in [-0.2, -0.15) is 28.1 Å². The van der Waals surface area contributed by atoms with Crippen molar-refractivity contribution in [3.63, 3.8) is 0 Å². The molecule has 0 atom stereocenters. The normalized spacial score (nSPS) is 11.1. The maximum atomic E-state index is 12.4. The molecular weight excluding hydrogens is 367 g/mol. The molecule has 0 saturated carbocycles. The molecule has 0 spiro atoms. The molecule has 1 aromatic heterocycles. The number of hydrogen-bond donors (Lipinski definition) is 2. The molecule has 0 radical (unpaired) electrons. The first-order chi connectivity index (χ1) is 12.7. The Bertz CT molecular complexity index is 797. The third kappa shape index (κ3) is 5.97.